The summed E-state index contributed by atoms with van der Waals surface area (Å²) in [5.74, 6) is 0. The number of unbranched alkanes of at least 4 members (excludes halogenated alkanes) is 1. The Kier molecular flexibility index (Phi) is 3.37. The van der Waals surface area contributed by atoms with Gasteiger partial charge in [-0.3, -0.25) is 0 Å². The molecule has 0 spiro atoms. The van der Waals surface area contributed by atoms with E-state index in [0.717, 1.165) is 32.1 Å². The number of allylic oxidation sites excluding steroid dienone is 2. The van der Waals surface area contributed by atoms with Crippen molar-refractivity contribution in [3.63, 3.8) is 0 Å². The molecular formula is C10H16O. The maximum atomic E-state index is 9.39. The predicted molar refractivity (Wildman–Crippen MR) is 47.4 cm³/mol. The third-order valence-electron chi connectivity index (χ3n) is 2.15. The van der Waals surface area contributed by atoms with E-state index in [9.17, 15) is 5.11 Å². The van der Waals surface area contributed by atoms with Crippen molar-refractivity contribution in [3.05, 3.63) is 24.3 Å². The minimum absolute atomic E-state index is 0.139. The molecule has 0 aromatic carbocycles. The van der Waals surface area contributed by atoms with Gasteiger partial charge in [0.05, 0.1) is 6.10 Å². The Morgan fingerprint density at radius 1 is 1.73 bits per heavy atom. The van der Waals surface area contributed by atoms with Gasteiger partial charge < -0.3 is 5.11 Å². The summed E-state index contributed by atoms with van der Waals surface area (Å²) in [4.78, 5) is 0. The third kappa shape index (κ3) is 2.51. The summed E-state index contributed by atoms with van der Waals surface area (Å²) >= 11 is 0. The fraction of sp³-hybridized carbons (Fsp3) is 0.600. The predicted octanol–water partition coefficient (Wildman–Crippen LogP) is 2.42. The summed E-state index contributed by atoms with van der Waals surface area (Å²) in [5, 5.41) is 9.39. The molecule has 1 aliphatic rings. The largest absolute Gasteiger partial charge is 0.389 e. The van der Waals surface area contributed by atoms with E-state index in [0.29, 0.717) is 0 Å². The molecule has 0 heterocycles. The van der Waals surface area contributed by atoms with Crippen LogP contribution in [0.1, 0.15) is 32.1 Å². The van der Waals surface area contributed by atoms with Crippen molar-refractivity contribution >= 4 is 0 Å². The second-order valence-corrected chi connectivity index (χ2v) is 3.05. The van der Waals surface area contributed by atoms with E-state index < -0.39 is 0 Å². The molecule has 0 saturated carbocycles. The molecule has 0 amide bonds. The van der Waals surface area contributed by atoms with Crippen LogP contribution in [0.3, 0.4) is 0 Å². The van der Waals surface area contributed by atoms with Crippen LogP contribution in [0, 0.1) is 0 Å². The van der Waals surface area contributed by atoms with E-state index >= 15 is 0 Å². The van der Waals surface area contributed by atoms with E-state index in [1.54, 1.807) is 0 Å². The van der Waals surface area contributed by atoms with E-state index in [1.807, 2.05) is 6.08 Å². The first-order valence-corrected chi connectivity index (χ1v) is 4.32. The monoisotopic (exact) mass is 152 g/mol. The van der Waals surface area contributed by atoms with Gasteiger partial charge in [0.1, 0.15) is 0 Å². The van der Waals surface area contributed by atoms with Crippen molar-refractivity contribution in [3.8, 4) is 0 Å². The van der Waals surface area contributed by atoms with Gasteiger partial charge in [0.15, 0.2) is 0 Å². The second kappa shape index (κ2) is 4.35. The van der Waals surface area contributed by atoms with Crippen LogP contribution in [0.25, 0.3) is 0 Å². The van der Waals surface area contributed by atoms with Crippen molar-refractivity contribution in [2.75, 3.05) is 0 Å². The molecule has 0 aliphatic heterocycles. The highest BCUT2D eigenvalue weighted by molar-refractivity contribution is 5.13. The van der Waals surface area contributed by atoms with Crippen molar-refractivity contribution in [2.45, 2.75) is 38.2 Å². The summed E-state index contributed by atoms with van der Waals surface area (Å²) in [6, 6.07) is 0. The van der Waals surface area contributed by atoms with Gasteiger partial charge in [0, 0.05) is 0 Å². The lowest BCUT2D eigenvalue weighted by atomic mass is 10.1. The Balaban J connectivity index is 2.20. The van der Waals surface area contributed by atoms with E-state index in [-0.39, 0.29) is 6.10 Å². The highest BCUT2D eigenvalue weighted by atomic mass is 16.3. The average molecular weight is 152 g/mol. The normalized spacial score (nSPS) is 23.4. The summed E-state index contributed by atoms with van der Waals surface area (Å²) in [6.07, 6.45) is 9.20. The Labute approximate surface area is 68.4 Å². The van der Waals surface area contributed by atoms with Crippen LogP contribution < -0.4 is 0 Å². The summed E-state index contributed by atoms with van der Waals surface area (Å²) in [7, 11) is 0. The van der Waals surface area contributed by atoms with Crippen LogP contribution in [-0.4, -0.2) is 11.2 Å². The summed E-state index contributed by atoms with van der Waals surface area (Å²) < 4.78 is 0. The Morgan fingerprint density at radius 3 is 3.09 bits per heavy atom. The number of hydrogen-bond acceptors (Lipinski definition) is 1. The van der Waals surface area contributed by atoms with Crippen molar-refractivity contribution in [2.24, 2.45) is 0 Å². The van der Waals surface area contributed by atoms with E-state index in [1.165, 1.54) is 5.57 Å². The molecule has 0 bridgehead atoms. The van der Waals surface area contributed by atoms with Crippen LogP contribution in [0.15, 0.2) is 24.3 Å². The Hall–Kier alpha value is -0.560. The molecule has 0 saturated heterocycles. The number of aliphatic hydroxyl groups excluding tert-OH is 1. The topological polar surface area (TPSA) is 20.2 Å². The summed E-state index contributed by atoms with van der Waals surface area (Å²) in [5.41, 5.74) is 1.24. The highest BCUT2D eigenvalue weighted by Crippen LogP contribution is 2.23. The molecule has 0 unspecified atom stereocenters. The third-order valence-corrected chi connectivity index (χ3v) is 2.15. The zero-order valence-corrected chi connectivity index (χ0v) is 6.92. The number of aliphatic hydroxyl groups is 1. The van der Waals surface area contributed by atoms with Crippen LogP contribution >= 0.6 is 0 Å². The van der Waals surface area contributed by atoms with Gasteiger partial charge in [-0.05, 0) is 37.7 Å². The fourth-order valence-corrected chi connectivity index (χ4v) is 1.47. The molecule has 11 heavy (non-hydrogen) atoms. The molecule has 1 atom stereocenters. The quantitative estimate of drug-likeness (QED) is 0.484. The molecule has 0 aromatic rings. The first-order chi connectivity index (χ1) is 5.34. The zero-order chi connectivity index (χ0) is 8.10. The lowest BCUT2D eigenvalue weighted by Gasteiger charge is -2.06. The van der Waals surface area contributed by atoms with Crippen LogP contribution in [0.2, 0.25) is 0 Å². The molecule has 62 valence electrons. The number of rotatable bonds is 4. The summed E-state index contributed by atoms with van der Waals surface area (Å²) in [6.45, 7) is 3.66. The average Bonchev–Trinajstić information content (AvgIpc) is 2.37. The first-order valence-electron chi connectivity index (χ1n) is 4.32. The standard InChI is InChI=1S/C10H16O/c1-2-3-4-6-9-7-5-8-10(9)11/h2,7,10-11H,1,3-6,8H2/t10-/m1/s1. The van der Waals surface area contributed by atoms with Crippen LogP contribution in [0.5, 0.6) is 0 Å². The SMILES string of the molecule is C=CCCCC1=CCC[C@H]1O. The van der Waals surface area contributed by atoms with Crippen molar-refractivity contribution in [1.29, 1.82) is 0 Å². The van der Waals surface area contributed by atoms with E-state index in [4.69, 9.17) is 0 Å². The maximum absolute atomic E-state index is 9.39. The smallest absolute Gasteiger partial charge is 0.0753 e. The van der Waals surface area contributed by atoms with Gasteiger partial charge in [-0.2, -0.15) is 0 Å². The van der Waals surface area contributed by atoms with Crippen LogP contribution in [0.4, 0.5) is 0 Å². The van der Waals surface area contributed by atoms with Crippen molar-refractivity contribution in [1.82, 2.24) is 0 Å². The molecular weight excluding hydrogens is 136 g/mol. The van der Waals surface area contributed by atoms with Gasteiger partial charge in [-0.1, -0.05) is 12.2 Å². The molecule has 0 radical (unpaired) electrons. The molecule has 1 N–H and O–H groups in total. The van der Waals surface area contributed by atoms with Gasteiger partial charge in [0.25, 0.3) is 0 Å². The maximum Gasteiger partial charge on any atom is 0.0753 e. The first kappa shape index (κ1) is 8.54. The van der Waals surface area contributed by atoms with Crippen molar-refractivity contribution < 1.29 is 5.11 Å². The molecule has 1 rings (SSSR count). The lowest BCUT2D eigenvalue weighted by molar-refractivity contribution is 0.207. The van der Waals surface area contributed by atoms with Crippen LogP contribution in [-0.2, 0) is 0 Å². The van der Waals surface area contributed by atoms with Gasteiger partial charge in [0.2, 0.25) is 0 Å². The Morgan fingerprint density at radius 2 is 2.55 bits per heavy atom. The number of hydrogen-bond donors (Lipinski definition) is 1. The molecule has 0 aromatic heterocycles. The molecule has 0 fully saturated rings. The zero-order valence-electron chi connectivity index (χ0n) is 6.92. The molecule has 1 nitrogen and oxygen atoms in total. The highest BCUT2D eigenvalue weighted by Gasteiger charge is 2.14. The minimum Gasteiger partial charge on any atom is -0.389 e. The minimum atomic E-state index is -0.139. The molecule has 1 heteroatoms. The van der Waals surface area contributed by atoms with Gasteiger partial charge in [-0.25, -0.2) is 0 Å². The Bertz CT molecular complexity index is 158. The van der Waals surface area contributed by atoms with E-state index in [2.05, 4.69) is 12.7 Å². The second-order valence-electron chi connectivity index (χ2n) is 3.05. The fourth-order valence-electron chi connectivity index (χ4n) is 1.47. The van der Waals surface area contributed by atoms with Gasteiger partial charge in [-0.15, -0.1) is 6.58 Å². The molecule has 1 aliphatic carbocycles. The lowest BCUT2D eigenvalue weighted by Crippen LogP contribution is -2.03. The van der Waals surface area contributed by atoms with Gasteiger partial charge >= 0.3 is 0 Å².